The zero-order valence-corrected chi connectivity index (χ0v) is 17.8. The third-order valence-electron chi connectivity index (χ3n) is 4.18. The van der Waals surface area contributed by atoms with Gasteiger partial charge in [-0.25, -0.2) is 0 Å². The SMILES string of the molecule is COc1cc(/C=C2\C(=O)NC(=S)N(C)C2=O)ccc1OCc1ccc(Cl)c(Cl)c1. The first-order valence-electron chi connectivity index (χ1n) is 8.40. The van der Waals surface area contributed by atoms with Crippen LogP contribution in [-0.2, 0) is 16.2 Å². The van der Waals surface area contributed by atoms with Gasteiger partial charge in [0.05, 0.1) is 17.2 Å². The van der Waals surface area contributed by atoms with E-state index in [0.717, 1.165) is 5.56 Å². The minimum absolute atomic E-state index is 0.0207. The maximum Gasteiger partial charge on any atom is 0.265 e. The number of halogens is 2. The summed E-state index contributed by atoms with van der Waals surface area (Å²) < 4.78 is 11.2. The Bertz CT molecular complexity index is 1040. The predicted molar refractivity (Wildman–Crippen MR) is 115 cm³/mol. The number of likely N-dealkylation sites (N-methyl/N-ethyl adjacent to an activating group) is 1. The second kappa shape index (κ2) is 8.82. The molecule has 2 aromatic carbocycles. The maximum atomic E-state index is 12.3. The summed E-state index contributed by atoms with van der Waals surface area (Å²) in [5.74, 6) is -0.0694. The van der Waals surface area contributed by atoms with Gasteiger partial charge in [-0.15, -0.1) is 0 Å². The molecule has 29 heavy (non-hydrogen) atoms. The molecule has 1 N–H and O–H groups in total. The number of amides is 2. The fourth-order valence-corrected chi connectivity index (χ4v) is 3.09. The van der Waals surface area contributed by atoms with Gasteiger partial charge >= 0.3 is 0 Å². The maximum absolute atomic E-state index is 12.3. The Morgan fingerprint density at radius 1 is 1.10 bits per heavy atom. The first-order chi connectivity index (χ1) is 13.8. The van der Waals surface area contributed by atoms with Crippen LogP contribution in [0.1, 0.15) is 11.1 Å². The topological polar surface area (TPSA) is 67.9 Å². The molecule has 1 aliphatic rings. The van der Waals surface area contributed by atoms with Crippen molar-refractivity contribution < 1.29 is 19.1 Å². The number of hydrogen-bond donors (Lipinski definition) is 1. The molecule has 0 radical (unpaired) electrons. The molecule has 3 rings (SSSR count). The van der Waals surface area contributed by atoms with E-state index < -0.39 is 11.8 Å². The number of ether oxygens (including phenoxy) is 2. The van der Waals surface area contributed by atoms with Gasteiger partial charge in [0.1, 0.15) is 12.2 Å². The molecule has 0 aromatic heterocycles. The number of carbonyl (C=O) groups excluding carboxylic acids is 2. The number of nitrogens with zero attached hydrogens (tertiary/aromatic N) is 1. The molecule has 1 saturated heterocycles. The second-order valence-electron chi connectivity index (χ2n) is 6.13. The second-order valence-corrected chi connectivity index (χ2v) is 7.33. The highest BCUT2D eigenvalue weighted by Crippen LogP contribution is 2.31. The normalized spacial score (nSPS) is 15.5. The molecule has 0 bridgehead atoms. The summed E-state index contributed by atoms with van der Waals surface area (Å²) in [6, 6.07) is 10.3. The van der Waals surface area contributed by atoms with E-state index in [1.807, 2.05) is 6.07 Å². The van der Waals surface area contributed by atoms with E-state index in [0.29, 0.717) is 27.1 Å². The monoisotopic (exact) mass is 450 g/mol. The number of methoxy groups -OCH3 is 1. The molecule has 1 aliphatic heterocycles. The van der Waals surface area contributed by atoms with Gasteiger partial charge in [0, 0.05) is 7.05 Å². The van der Waals surface area contributed by atoms with Gasteiger partial charge in [0.15, 0.2) is 16.6 Å². The van der Waals surface area contributed by atoms with Gasteiger partial charge in [-0.3, -0.25) is 19.8 Å². The number of nitrogens with one attached hydrogen (secondary N) is 1. The van der Waals surface area contributed by atoms with E-state index in [2.05, 4.69) is 5.32 Å². The third-order valence-corrected chi connectivity index (χ3v) is 5.30. The molecule has 1 fully saturated rings. The number of benzene rings is 2. The van der Waals surface area contributed by atoms with Crippen LogP contribution in [0.25, 0.3) is 6.08 Å². The van der Waals surface area contributed by atoms with Gasteiger partial charge in [-0.1, -0.05) is 35.3 Å². The van der Waals surface area contributed by atoms with Gasteiger partial charge in [0.2, 0.25) is 0 Å². The van der Waals surface area contributed by atoms with Crippen LogP contribution in [0.15, 0.2) is 42.0 Å². The Labute approximate surface area is 183 Å². The molecule has 0 atom stereocenters. The van der Waals surface area contributed by atoms with Crippen LogP contribution in [-0.4, -0.2) is 36.0 Å². The number of hydrogen-bond acceptors (Lipinski definition) is 5. The average molecular weight is 451 g/mol. The lowest BCUT2D eigenvalue weighted by atomic mass is 10.1. The van der Waals surface area contributed by atoms with Crippen molar-refractivity contribution >= 4 is 58.4 Å². The standard InChI is InChI=1S/C20H16Cl2N2O4S/c1-24-19(26)13(18(25)23-20(24)29)7-11-4-6-16(17(9-11)27-2)28-10-12-3-5-14(21)15(22)8-12/h3-9H,10H2,1-2H3,(H,23,25,29)/b13-7+. The summed E-state index contributed by atoms with van der Waals surface area (Å²) in [6.45, 7) is 0.261. The molecule has 0 spiro atoms. The van der Waals surface area contributed by atoms with Crippen molar-refractivity contribution in [1.29, 1.82) is 0 Å². The van der Waals surface area contributed by atoms with Crippen molar-refractivity contribution in [2.45, 2.75) is 6.61 Å². The molecule has 0 unspecified atom stereocenters. The van der Waals surface area contributed by atoms with Gasteiger partial charge in [0.25, 0.3) is 11.8 Å². The van der Waals surface area contributed by atoms with E-state index in [1.54, 1.807) is 30.3 Å². The average Bonchev–Trinajstić information content (AvgIpc) is 2.70. The highest BCUT2D eigenvalue weighted by molar-refractivity contribution is 7.80. The van der Waals surface area contributed by atoms with Crippen LogP contribution in [0.4, 0.5) is 0 Å². The smallest absolute Gasteiger partial charge is 0.265 e. The molecule has 0 aliphatic carbocycles. The highest BCUT2D eigenvalue weighted by Gasteiger charge is 2.30. The Morgan fingerprint density at radius 3 is 2.55 bits per heavy atom. The molecule has 2 amide bonds. The van der Waals surface area contributed by atoms with Crippen LogP contribution in [0, 0.1) is 0 Å². The van der Waals surface area contributed by atoms with E-state index in [4.69, 9.17) is 44.9 Å². The van der Waals surface area contributed by atoms with Crippen molar-refractivity contribution in [3.8, 4) is 11.5 Å². The lowest BCUT2D eigenvalue weighted by Gasteiger charge is -2.25. The minimum Gasteiger partial charge on any atom is -0.493 e. The summed E-state index contributed by atoms with van der Waals surface area (Å²) in [5, 5.41) is 3.46. The predicted octanol–water partition coefficient (Wildman–Crippen LogP) is 3.84. The Kier molecular flexibility index (Phi) is 6.42. The van der Waals surface area contributed by atoms with Crippen LogP contribution in [0.2, 0.25) is 10.0 Å². The van der Waals surface area contributed by atoms with Crippen LogP contribution in [0.5, 0.6) is 11.5 Å². The number of carbonyl (C=O) groups is 2. The largest absolute Gasteiger partial charge is 0.493 e. The van der Waals surface area contributed by atoms with E-state index in [1.165, 1.54) is 25.1 Å². The fraction of sp³-hybridized carbons (Fsp3) is 0.150. The van der Waals surface area contributed by atoms with Crippen molar-refractivity contribution in [3.05, 3.63) is 63.1 Å². The van der Waals surface area contributed by atoms with Crippen molar-refractivity contribution in [2.24, 2.45) is 0 Å². The molecular weight excluding hydrogens is 435 g/mol. The summed E-state index contributed by atoms with van der Waals surface area (Å²) in [4.78, 5) is 25.6. The Hall–Kier alpha value is -2.61. The van der Waals surface area contributed by atoms with Crippen LogP contribution < -0.4 is 14.8 Å². The van der Waals surface area contributed by atoms with Gasteiger partial charge in [-0.05, 0) is 53.7 Å². The van der Waals surface area contributed by atoms with Crippen molar-refractivity contribution in [2.75, 3.05) is 14.2 Å². The highest BCUT2D eigenvalue weighted by atomic mass is 35.5. The molecule has 150 valence electrons. The van der Waals surface area contributed by atoms with Crippen LogP contribution >= 0.6 is 35.4 Å². The number of thiocarbonyl (C=S) groups is 1. The fourth-order valence-electron chi connectivity index (χ4n) is 2.60. The van der Waals surface area contributed by atoms with E-state index in [9.17, 15) is 9.59 Å². The Balaban J connectivity index is 1.81. The van der Waals surface area contributed by atoms with Crippen molar-refractivity contribution in [3.63, 3.8) is 0 Å². The summed E-state index contributed by atoms with van der Waals surface area (Å²) in [5.41, 5.74) is 1.42. The quantitative estimate of drug-likeness (QED) is 0.425. The molecular formula is C20H16Cl2N2O4S. The van der Waals surface area contributed by atoms with Gasteiger partial charge < -0.3 is 9.47 Å². The lowest BCUT2D eigenvalue weighted by Crippen LogP contribution is -2.52. The molecule has 9 heteroatoms. The summed E-state index contributed by atoms with van der Waals surface area (Å²) >= 11 is 16.9. The summed E-state index contributed by atoms with van der Waals surface area (Å²) in [7, 11) is 3.00. The zero-order chi connectivity index (χ0) is 21.1. The summed E-state index contributed by atoms with van der Waals surface area (Å²) in [6.07, 6.45) is 1.47. The van der Waals surface area contributed by atoms with E-state index in [-0.39, 0.29) is 17.3 Å². The van der Waals surface area contributed by atoms with Gasteiger partial charge in [-0.2, -0.15) is 0 Å². The molecule has 6 nitrogen and oxygen atoms in total. The van der Waals surface area contributed by atoms with E-state index >= 15 is 0 Å². The molecule has 1 heterocycles. The first-order valence-corrected chi connectivity index (χ1v) is 9.56. The Morgan fingerprint density at radius 2 is 1.86 bits per heavy atom. The lowest BCUT2D eigenvalue weighted by molar-refractivity contribution is -0.128. The first kappa shape index (κ1) is 21.1. The number of rotatable bonds is 5. The minimum atomic E-state index is -0.544. The van der Waals surface area contributed by atoms with Crippen LogP contribution in [0.3, 0.4) is 0 Å². The zero-order valence-electron chi connectivity index (χ0n) is 15.5. The molecule has 0 saturated carbocycles. The molecule has 2 aromatic rings. The third kappa shape index (κ3) is 4.70. The van der Waals surface area contributed by atoms with Crippen molar-refractivity contribution in [1.82, 2.24) is 10.2 Å².